The molecule has 1 atom stereocenters. The molecular weight excluding hydrogens is 363 g/mol. The number of anilines is 1. The van der Waals surface area contributed by atoms with Crippen molar-refractivity contribution in [3.05, 3.63) is 47.4 Å². The number of alkyl halides is 1. The number of terminal acetylenes is 1. The highest BCUT2D eigenvalue weighted by atomic mass is 19.2. The van der Waals surface area contributed by atoms with Gasteiger partial charge in [0.15, 0.2) is 18.2 Å². The summed E-state index contributed by atoms with van der Waals surface area (Å²) in [6.07, 6.45) is 7.26. The first-order chi connectivity index (χ1) is 13.0. The van der Waals surface area contributed by atoms with Crippen LogP contribution in [-0.2, 0) is 0 Å². The summed E-state index contributed by atoms with van der Waals surface area (Å²) in [6.45, 7) is -1.39. The van der Waals surface area contributed by atoms with E-state index in [2.05, 4.69) is 21.2 Å². The predicted molar refractivity (Wildman–Crippen MR) is 91.1 cm³/mol. The number of halogens is 3. The van der Waals surface area contributed by atoms with Gasteiger partial charge in [-0.3, -0.25) is 9.18 Å². The Bertz CT molecular complexity index is 838. The summed E-state index contributed by atoms with van der Waals surface area (Å²) in [4.78, 5) is 19.9. The quantitative estimate of drug-likeness (QED) is 0.689. The van der Waals surface area contributed by atoms with Crippen molar-refractivity contribution in [2.45, 2.75) is 12.3 Å². The minimum Gasteiger partial charge on any atom is -0.463 e. The van der Waals surface area contributed by atoms with Gasteiger partial charge in [-0.15, -0.1) is 6.42 Å². The molecule has 1 aromatic heterocycles. The summed E-state index contributed by atoms with van der Waals surface area (Å²) in [5.74, 6) is -1.87. The third-order valence-corrected chi connectivity index (χ3v) is 3.58. The molecule has 27 heavy (non-hydrogen) atoms. The molecule has 1 aromatic carbocycles. The van der Waals surface area contributed by atoms with Gasteiger partial charge in [0.2, 0.25) is 5.88 Å². The molecule has 0 unspecified atom stereocenters. The van der Waals surface area contributed by atoms with Crippen molar-refractivity contribution in [2.75, 3.05) is 25.2 Å². The molecule has 0 bridgehead atoms. The van der Waals surface area contributed by atoms with Gasteiger partial charge in [-0.1, -0.05) is 5.92 Å². The van der Waals surface area contributed by atoms with Gasteiger partial charge in [0.25, 0.3) is 5.91 Å². The van der Waals surface area contributed by atoms with E-state index in [4.69, 9.17) is 16.3 Å². The molecule has 0 radical (unpaired) electrons. The number of hydrogen-bond acceptors (Lipinski definition) is 5. The van der Waals surface area contributed by atoms with Gasteiger partial charge >= 0.3 is 0 Å². The molecule has 0 spiro atoms. The molecule has 2 N–H and O–H groups in total. The minimum atomic E-state index is -1.25. The van der Waals surface area contributed by atoms with E-state index >= 15 is 0 Å². The van der Waals surface area contributed by atoms with Crippen molar-refractivity contribution in [3.63, 3.8) is 0 Å². The Kier molecular flexibility index (Phi) is 7.14. The van der Waals surface area contributed by atoms with Gasteiger partial charge in [-0.05, 0) is 18.1 Å². The molecule has 0 aliphatic heterocycles. The number of aliphatic hydroxyl groups is 1. The smallest absolute Gasteiger partial charge is 0.275 e. The molecule has 0 saturated heterocycles. The fourth-order valence-electron chi connectivity index (χ4n) is 2.27. The maximum atomic E-state index is 14.0. The number of benzene rings is 1. The van der Waals surface area contributed by atoms with Crippen LogP contribution in [0.5, 0.6) is 5.88 Å². The average molecular weight is 379 g/mol. The average Bonchev–Trinajstić information content (AvgIpc) is 2.67. The van der Waals surface area contributed by atoms with Gasteiger partial charge in [0.05, 0.1) is 19.1 Å². The van der Waals surface area contributed by atoms with E-state index in [9.17, 15) is 18.0 Å². The topological polar surface area (TPSA) is 84.3 Å². The number of ether oxygens (including phenoxy) is 1. The highest BCUT2D eigenvalue weighted by Crippen LogP contribution is 2.28. The van der Waals surface area contributed by atoms with Crippen LogP contribution in [0.2, 0.25) is 0 Å². The number of carbonyl (C=O) groups excluding carboxylic acids is 1. The fourth-order valence-corrected chi connectivity index (χ4v) is 2.27. The van der Waals surface area contributed by atoms with Gasteiger partial charge < -0.3 is 15.2 Å². The monoisotopic (exact) mass is 379 g/mol. The first-order valence-corrected chi connectivity index (χ1v) is 7.85. The number of nitrogens with one attached hydrogen (secondary N) is 1. The van der Waals surface area contributed by atoms with Crippen molar-refractivity contribution in [2.24, 2.45) is 0 Å². The van der Waals surface area contributed by atoms with Crippen molar-refractivity contribution in [1.29, 1.82) is 0 Å². The van der Waals surface area contributed by atoms with Crippen LogP contribution in [0, 0.1) is 24.0 Å². The second kappa shape index (κ2) is 9.54. The van der Waals surface area contributed by atoms with Gasteiger partial charge in [0, 0.05) is 24.3 Å². The van der Waals surface area contributed by atoms with Crippen LogP contribution in [0.4, 0.5) is 18.9 Å². The van der Waals surface area contributed by atoms with Gasteiger partial charge in [0.1, 0.15) is 5.69 Å². The summed E-state index contributed by atoms with van der Waals surface area (Å²) in [5.41, 5.74) is -0.461. The molecular formula is C18H16F3N3O3. The number of rotatable bonds is 8. The van der Waals surface area contributed by atoms with E-state index in [1.54, 1.807) is 0 Å². The molecule has 2 rings (SSSR count). The Morgan fingerprint density at radius 3 is 2.70 bits per heavy atom. The van der Waals surface area contributed by atoms with Crippen LogP contribution in [-0.4, -0.2) is 40.9 Å². The number of carbonyl (C=O) groups is 1. The van der Waals surface area contributed by atoms with Gasteiger partial charge in [-0.25, -0.2) is 18.7 Å². The molecule has 0 aliphatic rings. The lowest BCUT2D eigenvalue weighted by Crippen LogP contribution is -2.16. The van der Waals surface area contributed by atoms with Crippen LogP contribution >= 0.6 is 0 Å². The van der Waals surface area contributed by atoms with E-state index in [0.29, 0.717) is 0 Å². The maximum Gasteiger partial charge on any atom is 0.275 e. The third kappa shape index (κ3) is 5.18. The number of aliphatic hydroxyl groups excluding tert-OH is 1. The number of aromatic nitrogens is 2. The zero-order chi connectivity index (χ0) is 19.8. The third-order valence-electron chi connectivity index (χ3n) is 3.58. The van der Waals surface area contributed by atoms with Crippen molar-refractivity contribution in [3.8, 4) is 18.2 Å². The summed E-state index contributed by atoms with van der Waals surface area (Å²) < 4.78 is 45.9. The molecule has 1 heterocycles. The SMILES string of the molecule is C#CCOc1cnc(C(=O)Nc2cc(F)c(F)c([C@H](CF)CCO)c2)cn1. The first-order valence-electron chi connectivity index (χ1n) is 7.85. The standard InChI is InChI=1S/C18H16F3N3O3/c1-2-5-27-16-10-22-15(9-23-16)18(26)24-12-6-13(11(8-19)3-4-25)17(21)14(20)7-12/h1,6-7,9-11,25H,3-5,8H2,(H,24,26)/t11-/m0/s1. The Hall–Kier alpha value is -3.12. The molecule has 9 heteroatoms. The van der Waals surface area contributed by atoms with Crippen LogP contribution in [0.15, 0.2) is 24.5 Å². The lowest BCUT2D eigenvalue weighted by Gasteiger charge is -2.15. The summed E-state index contributed by atoms with van der Waals surface area (Å²) in [5, 5.41) is 11.3. The van der Waals surface area contributed by atoms with Crippen LogP contribution in [0.1, 0.15) is 28.4 Å². The molecule has 142 valence electrons. The Labute approximate surface area is 153 Å². The Balaban J connectivity index is 2.20. The molecule has 1 amide bonds. The van der Waals surface area contributed by atoms with Crippen molar-refractivity contribution < 1.29 is 27.8 Å². The molecule has 2 aromatic rings. The maximum absolute atomic E-state index is 14.0. The Morgan fingerprint density at radius 1 is 1.33 bits per heavy atom. The van der Waals surface area contributed by atoms with E-state index in [0.717, 1.165) is 18.3 Å². The molecule has 6 nitrogen and oxygen atoms in total. The summed E-state index contributed by atoms with van der Waals surface area (Å²) >= 11 is 0. The fraction of sp³-hybridized carbons (Fsp3) is 0.278. The number of hydrogen-bond donors (Lipinski definition) is 2. The number of amides is 1. The zero-order valence-electron chi connectivity index (χ0n) is 14.1. The first kappa shape index (κ1) is 20.2. The molecule has 0 aliphatic carbocycles. The molecule has 0 saturated carbocycles. The zero-order valence-corrected chi connectivity index (χ0v) is 14.1. The minimum absolute atomic E-state index is 0.0125. The second-order valence-corrected chi connectivity index (χ2v) is 5.41. The van der Waals surface area contributed by atoms with Crippen LogP contribution in [0.3, 0.4) is 0 Å². The normalized spacial score (nSPS) is 11.5. The van der Waals surface area contributed by atoms with Gasteiger partial charge in [-0.2, -0.15) is 0 Å². The summed E-state index contributed by atoms with van der Waals surface area (Å²) in [6, 6.07) is 1.89. The highest BCUT2D eigenvalue weighted by Gasteiger charge is 2.20. The lowest BCUT2D eigenvalue weighted by molar-refractivity contribution is 0.102. The van der Waals surface area contributed by atoms with E-state index in [-0.39, 0.29) is 35.9 Å². The van der Waals surface area contributed by atoms with Crippen molar-refractivity contribution in [1.82, 2.24) is 9.97 Å². The number of nitrogens with zero attached hydrogens (tertiary/aromatic N) is 2. The summed E-state index contributed by atoms with van der Waals surface area (Å²) in [7, 11) is 0. The van der Waals surface area contributed by atoms with E-state index in [1.165, 1.54) is 6.20 Å². The van der Waals surface area contributed by atoms with Crippen LogP contribution in [0.25, 0.3) is 0 Å². The second-order valence-electron chi connectivity index (χ2n) is 5.41. The Morgan fingerprint density at radius 2 is 2.11 bits per heavy atom. The van der Waals surface area contributed by atoms with E-state index in [1.807, 2.05) is 0 Å². The highest BCUT2D eigenvalue weighted by molar-refractivity contribution is 6.02. The lowest BCUT2D eigenvalue weighted by atomic mass is 9.96. The van der Waals surface area contributed by atoms with Crippen molar-refractivity contribution >= 4 is 11.6 Å². The largest absolute Gasteiger partial charge is 0.463 e. The van der Waals surface area contributed by atoms with Crippen LogP contribution < -0.4 is 10.1 Å². The molecule has 0 fully saturated rings. The van der Waals surface area contributed by atoms with E-state index < -0.39 is 36.7 Å². The predicted octanol–water partition coefficient (Wildman–Crippen LogP) is 2.45.